The molecular formula is C9H17NO. The quantitative estimate of drug-likeness (QED) is 0.607. The molecule has 1 N–H and O–H groups in total. The Balaban J connectivity index is 1.93. The summed E-state index contributed by atoms with van der Waals surface area (Å²) < 4.78 is 0. The molecule has 0 aromatic carbocycles. The molecule has 0 unspecified atom stereocenters. The van der Waals surface area contributed by atoms with Gasteiger partial charge in [-0.15, -0.1) is 0 Å². The van der Waals surface area contributed by atoms with E-state index in [0.717, 1.165) is 25.9 Å². The van der Waals surface area contributed by atoms with Crippen molar-refractivity contribution in [1.29, 1.82) is 0 Å². The molecule has 2 aliphatic rings. The molecule has 0 radical (unpaired) electrons. The van der Waals surface area contributed by atoms with Gasteiger partial charge in [0.1, 0.15) is 0 Å². The van der Waals surface area contributed by atoms with Gasteiger partial charge in [0, 0.05) is 13.1 Å². The standard InChI is InChI=1S/C9H17NO/c1-10-6-4-9(11,5-7-10)8-2-3-8/h8,11H,2-7H2,1H3. The molecule has 64 valence electrons. The molecule has 2 rings (SSSR count). The Morgan fingerprint density at radius 3 is 2.27 bits per heavy atom. The van der Waals surface area contributed by atoms with Crippen molar-refractivity contribution in [2.24, 2.45) is 5.92 Å². The van der Waals surface area contributed by atoms with Gasteiger partial charge in [-0.1, -0.05) is 0 Å². The molecule has 0 aromatic heterocycles. The summed E-state index contributed by atoms with van der Waals surface area (Å²) in [7, 11) is 2.13. The van der Waals surface area contributed by atoms with Gasteiger partial charge in [-0.3, -0.25) is 0 Å². The second-order valence-corrected chi connectivity index (χ2v) is 4.18. The Morgan fingerprint density at radius 2 is 1.82 bits per heavy atom. The lowest BCUT2D eigenvalue weighted by Gasteiger charge is -2.36. The molecule has 1 saturated heterocycles. The normalized spacial score (nSPS) is 32.2. The molecule has 2 heteroatoms. The molecule has 0 amide bonds. The molecule has 1 aliphatic heterocycles. The Kier molecular flexibility index (Phi) is 1.69. The summed E-state index contributed by atoms with van der Waals surface area (Å²) in [5.74, 6) is 0.649. The van der Waals surface area contributed by atoms with E-state index in [0.29, 0.717) is 5.92 Å². The predicted molar refractivity (Wildman–Crippen MR) is 44.4 cm³/mol. The minimum Gasteiger partial charge on any atom is -0.390 e. The summed E-state index contributed by atoms with van der Waals surface area (Å²) in [6, 6.07) is 0. The maximum Gasteiger partial charge on any atom is 0.0700 e. The molecule has 1 aliphatic carbocycles. The van der Waals surface area contributed by atoms with Crippen LogP contribution in [-0.2, 0) is 0 Å². The lowest BCUT2D eigenvalue weighted by atomic mass is 9.87. The van der Waals surface area contributed by atoms with Crippen LogP contribution in [0.5, 0.6) is 0 Å². The Bertz CT molecular complexity index is 146. The second kappa shape index (κ2) is 2.46. The van der Waals surface area contributed by atoms with Gasteiger partial charge in [-0.2, -0.15) is 0 Å². The van der Waals surface area contributed by atoms with E-state index in [1.54, 1.807) is 0 Å². The van der Waals surface area contributed by atoms with Crippen LogP contribution < -0.4 is 0 Å². The third-order valence-electron chi connectivity index (χ3n) is 3.19. The number of piperidine rings is 1. The van der Waals surface area contributed by atoms with Crippen molar-refractivity contribution in [2.75, 3.05) is 20.1 Å². The van der Waals surface area contributed by atoms with Gasteiger partial charge in [0.25, 0.3) is 0 Å². The van der Waals surface area contributed by atoms with Gasteiger partial charge >= 0.3 is 0 Å². The van der Waals surface area contributed by atoms with E-state index in [9.17, 15) is 5.11 Å². The lowest BCUT2D eigenvalue weighted by molar-refractivity contribution is -0.0340. The van der Waals surface area contributed by atoms with Crippen LogP contribution in [0.15, 0.2) is 0 Å². The van der Waals surface area contributed by atoms with Gasteiger partial charge in [0.15, 0.2) is 0 Å². The maximum absolute atomic E-state index is 10.1. The number of nitrogens with zero attached hydrogens (tertiary/aromatic N) is 1. The molecule has 1 heterocycles. The Hall–Kier alpha value is -0.0800. The first-order chi connectivity index (χ1) is 5.21. The van der Waals surface area contributed by atoms with Crippen LogP contribution in [0.3, 0.4) is 0 Å². The van der Waals surface area contributed by atoms with Crippen LogP contribution in [0.25, 0.3) is 0 Å². The van der Waals surface area contributed by atoms with E-state index in [1.165, 1.54) is 12.8 Å². The number of rotatable bonds is 1. The summed E-state index contributed by atoms with van der Waals surface area (Å²) in [6.07, 6.45) is 4.52. The molecule has 0 spiro atoms. The molecule has 0 bridgehead atoms. The van der Waals surface area contributed by atoms with Crippen LogP contribution >= 0.6 is 0 Å². The molecule has 0 aromatic rings. The summed E-state index contributed by atoms with van der Waals surface area (Å²) >= 11 is 0. The highest BCUT2D eigenvalue weighted by Gasteiger charge is 2.44. The highest BCUT2D eigenvalue weighted by molar-refractivity contribution is 4.97. The fourth-order valence-electron chi connectivity index (χ4n) is 2.03. The molecule has 1 saturated carbocycles. The van der Waals surface area contributed by atoms with Crippen LogP contribution in [0.2, 0.25) is 0 Å². The van der Waals surface area contributed by atoms with Gasteiger partial charge < -0.3 is 10.0 Å². The first-order valence-electron chi connectivity index (χ1n) is 4.62. The zero-order valence-electron chi connectivity index (χ0n) is 7.21. The number of hydrogen-bond donors (Lipinski definition) is 1. The summed E-state index contributed by atoms with van der Waals surface area (Å²) in [5, 5.41) is 10.1. The van der Waals surface area contributed by atoms with E-state index in [1.807, 2.05) is 0 Å². The molecule has 11 heavy (non-hydrogen) atoms. The minimum atomic E-state index is -0.271. The highest BCUT2D eigenvalue weighted by Crippen LogP contribution is 2.44. The topological polar surface area (TPSA) is 23.5 Å². The fraction of sp³-hybridized carbons (Fsp3) is 1.00. The number of likely N-dealkylation sites (tertiary alicyclic amines) is 1. The van der Waals surface area contributed by atoms with Crippen molar-refractivity contribution < 1.29 is 5.11 Å². The van der Waals surface area contributed by atoms with Crippen LogP contribution in [-0.4, -0.2) is 35.7 Å². The maximum atomic E-state index is 10.1. The van der Waals surface area contributed by atoms with Gasteiger partial charge in [0.05, 0.1) is 5.60 Å². The smallest absolute Gasteiger partial charge is 0.0700 e. The highest BCUT2D eigenvalue weighted by atomic mass is 16.3. The van der Waals surface area contributed by atoms with E-state index >= 15 is 0 Å². The largest absolute Gasteiger partial charge is 0.390 e. The van der Waals surface area contributed by atoms with Crippen molar-refractivity contribution in [3.63, 3.8) is 0 Å². The van der Waals surface area contributed by atoms with Gasteiger partial charge in [-0.05, 0) is 38.6 Å². The first kappa shape index (κ1) is 7.56. The van der Waals surface area contributed by atoms with Crippen molar-refractivity contribution in [2.45, 2.75) is 31.3 Å². The molecule has 2 nitrogen and oxygen atoms in total. The van der Waals surface area contributed by atoms with Crippen molar-refractivity contribution >= 4 is 0 Å². The first-order valence-corrected chi connectivity index (χ1v) is 4.62. The molecular weight excluding hydrogens is 138 g/mol. The molecule has 2 fully saturated rings. The third-order valence-corrected chi connectivity index (χ3v) is 3.19. The van der Waals surface area contributed by atoms with Crippen LogP contribution in [0.1, 0.15) is 25.7 Å². The minimum absolute atomic E-state index is 0.271. The van der Waals surface area contributed by atoms with Gasteiger partial charge in [-0.25, -0.2) is 0 Å². The summed E-state index contributed by atoms with van der Waals surface area (Å²) in [4.78, 5) is 2.30. The van der Waals surface area contributed by atoms with E-state index in [-0.39, 0.29) is 5.60 Å². The zero-order chi connectivity index (χ0) is 7.90. The molecule has 0 atom stereocenters. The third kappa shape index (κ3) is 1.42. The summed E-state index contributed by atoms with van der Waals surface area (Å²) in [6.45, 7) is 2.15. The van der Waals surface area contributed by atoms with E-state index < -0.39 is 0 Å². The predicted octanol–water partition coefficient (Wildman–Crippen LogP) is 0.853. The van der Waals surface area contributed by atoms with Crippen LogP contribution in [0, 0.1) is 5.92 Å². The lowest BCUT2D eigenvalue weighted by Crippen LogP contribution is -2.44. The average Bonchev–Trinajstić information content (AvgIpc) is 2.77. The van der Waals surface area contributed by atoms with Crippen molar-refractivity contribution in [3.05, 3.63) is 0 Å². The van der Waals surface area contributed by atoms with Gasteiger partial charge in [0.2, 0.25) is 0 Å². The average molecular weight is 155 g/mol. The van der Waals surface area contributed by atoms with E-state index in [2.05, 4.69) is 11.9 Å². The van der Waals surface area contributed by atoms with Crippen LogP contribution in [0.4, 0.5) is 0 Å². The SMILES string of the molecule is CN1CCC(O)(C2CC2)CC1. The number of hydrogen-bond acceptors (Lipinski definition) is 2. The van der Waals surface area contributed by atoms with E-state index in [4.69, 9.17) is 0 Å². The number of aliphatic hydroxyl groups is 1. The Labute approximate surface area is 68.2 Å². The van der Waals surface area contributed by atoms with Crippen molar-refractivity contribution in [1.82, 2.24) is 4.90 Å². The van der Waals surface area contributed by atoms with Crippen molar-refractivity contribution in [3.8, 4) is 0 Å². The summed E-state index contributed by atoms with van der Waals surface area (Å²) in [5.41, 5.74) is -0.271. The Morgan fingerprint density at radius 1 is 1.27 bits per heavy atom. The zero-order valence-corrected chi connectivity index (χ0v) is 7.21. The monoisotopic (exact) mass is 155 g/mol. The fourth-order valence-corrected chi connectivity index (χ4v) is 2.03. The second-order valence-electron chi connectivity index (χ2n) is 4.18.